The maximum atomic E-state index is 6.68. The molecule has 0 unspecified atom stereocenters. The van der Waals surface area contributed by atoms with Crippen LogP contribution >= 0.6 is 0 Å². The van der Waals surface area contributed by atoms with Crippen LogP contribution in [-0.2, 0) is 0 Å². The number of benzene rings is 25. The van der Waals surface area contributed by atoms with Crippen molar-refractivity contribution in [2.24, 2.45) is 0 Å². The van der Waals surface area contributed by atoms with Crippen LogP contribution < -0.4 is 0 Å². The minimum absolute atomic E-state index is 0.892. The second-order valence-corrected chi connectivity index (χ2v) is 35.3. The number of furan rings is 3. The van der Waals surface area contributed by atoms with Crippen molar-refractivity contribution in [3.05, 3.63) is 497 Å². The Bertz CT molecular complexity index is 9460. The molecule has 628 valence electrons. The van der Waals surface area contributed by atoms with Crippen LogP contribution in [0.1, 0.15) is 0 Å². The van der Waals surface area contributed by atoms with Crippen molar-refractivity contribution in [1.29, 1.82) is 0 Å². The van der Waals surface area contributed by atoms with Crippen LogP contribution in [0.2, 0.25) is 0 Å². The first-order valence-corrected chi connectivity index (χ1v) is 46.4. The minimum atomic E-state index is 0.892. The zero-order valence-electron chi connectivity index (χ0n) is 73.6. The van der Waals surface area contributed by atoms with Crippen LogP contribution in [0.15, 0.2) is 511 Å². The number of rotatable bonds is 10. The molecule has 0 radical (unpaired) electrons. The normalized spacial score (nSPS) is 11.7. The van der Waals surface area contributed by atoms with Crippen molar-refractivity contribution >= 4 is 163 Å². The molecule has 28 aromatic rings. The number of fused-ring (bicyclic) bond motifs is 18. The van der Waals surface area contributed by atoms with Crippen molar-refractivity contribution in [2.45, 2.75) is 0 Å². The second kappa shape index (κ2) is 32.7. The molecule has 135 heavy (non-hydrogen) atoms. The van der Waals surface area contributed by atoms with Gasteiger partial charge in [-0.15, -0.1) is 0 Å². The van der Waals surface area contributed by atoms with Crippen molar-refractivity contribution in [2.75, 3.05) is 0 Å². The fraction of sp³-hybridized carbons (Fsp3) is 0. The number of hydrogen-bond donors (Lipinski definition) is 0. The summed E-state index contributed by atoms with van der Waals surface area (Å²) >= 11 is 0. The summed E-state index contributed by atoms with van der Waals surface area (Å²) in [6.45, 7) is 0. The predicted molar refractivity (Wildman–Crippen MR) is 573 cm³/mol. The lowest BCUT2D eigenvalue weighted by Gasteiger charge is -2.19. The number of para-hydroxylation sites is 3. The Hall–Kier alpha value is -17.8. The monoisotopic (exact) mass is 1710 g/mol. The highest BCUT2D eigenvalue weighted by Crippen LogP contribution is 2.54. The third kappa shape index (κ3) is 13.3. The van der Waals surface area contributed by atoms with Gasteiger partial charge in [0.05, 0.1) is 0 Å². The summed E-state index contributed by atoms with van der Waals surface area (Å²) in [6.07, 6.45) is 0. The van der Waals surface area contributed by atoms with Gasteiger partial charge < -0.3 is 13.3 Å². The van der Waals surface area contributed by atoms with Crippen LogP contribution in [0, 0.1) is 0 Å². The van der Waals surface area contributed by atoms with Gasteiger partial charge in [-0.3, -0.25) is 0 Å². The third-order valence-corrected chi connectivity index (χ3v) is 27.7. The van der Waals surface area contributed by atoms with Crippen LogP contribution in [-0.4, -0.2) is 0 Å². The molecule has 0 saturated heterocycles. The fourth-order valence-electron chi connectivity index (χ4n) is 21.8. The van der Waals surface area contributed by atoms with E-state index in [0.717, 1.165) is 88.1 Å². The lowest BCUT2D eigenvalue weighted by atomic mass is 9.83. The predicted octanol–water partition coefficient (Wildman–Crippen LogP) is 37.8. The van der Waals surface area contributed by atoms with Gasteiger partial charge in [0.1, 0.15) is 33.5 Å². The molecule has 0 atom stereocenters. The molecule has 0 fully saturated rings. The van der Waals surface area contributed by atoms with Gasteiger partial charge in [0, 0.05) is 37.9 Å². The molecular weight excluding hydrogens is 1630 g/mol. The van der Waals surface area contributed by atoms with Gasteiger partial charge in [-0.05, 0) is 269 Å². The van der Waals surface area contributed by atoms with E-state index in [2.05, 4.69) is 491 Å². The maximum absolute atomic E-state index is 6.68. The molecule has 3 heterocycles. The summed E-state index contributed by atoms with van der Waals surface area (Å²) in [5.41, 5.74) is 29.5. The largest absolute Gasteiger partial charge is 0.456 e. The quantitative estimate of drug-likeness (QED) is 0.128. The van der Waals surface area contributed by atoms with E-state index >= 15 is 0 Å². The lowest BCUT2D eigenvalue weighted by molar-refractivity contribution is 0.669. The Morgan fingerprint density at radius 1 is 0.111 bits per heavy atom. The summed E-state index contributed by atoms with van der Waals surface area (Å²) in [5, 5.41) is 29.2. The highest BCUT2D eigenvalue weighted by Gasteiger charge is 2.28. The van der Waals surface area contributed by atoms with E-state index in [1.165, 1.54) is 186 Å². The summed E-state index contributed by atoms with van der Waals surface area (Å²) < 4.78 is 19.9. The summed E-state index contributed by atoms with van der Waals surface area (Å²) in [4.78, 5) is 0. The van der Waals surface area contributed by atoms with Crippen LogP contribution in [0.5, 0.6) is 0 Å². The molecule has 28 rings (SSSR count). The van der Waals surface area contributed by atoms with E-state index in [9.17, 15) is 0 Å². The molecule has 0 N–H and O–H groups in total. The molecule has 3 aromatic heterocycles. The molecule has 0 amide bonds. The Morgan fingerprint density at radius 3 is 0.748 bits per heavy atom. The Morgan fingerprint density at radius 2 is 0.370 bits per heavy atom. The standard InChI is InChI=1S/C48H30O.2C42H26O/c1-2-15-32(16-3-1)36-18-6-7-19-37(36)35-29-43(48-42-24-12-13-25-44(42)49-45(48)30-35)47-40-22-10-8-20-38(40)46(39-21-9-11-23-41(39)47)34-27-26-31-14-4-5-17-33(31)28-34;1-2-13-28(14-3-1)31-24-25-37(41-36-20-10-11-21-38(36)43-42(31)41)40-34-18-8-6-16-32(34)39(33-17-7-9-19-35(33)40)30-23-22-27-12-4-5-15-29(27)26-30;1-2-12-27(13-3-1)31-25-37(42-36-20-10-11-21-38(36)43-39(42)26-31)41-34-18-8-6-16-32(34)40(33-17-7-9-19-35(33)41)30-23-22-28-14-4-5-15-29(28)24-30/h1-30H;2*1-26H. The molecule has 0 bridgehead atoms. The third-order valence-electron chi connectivity index (χ3n) is 27.7. The van der Waals surface area contributed by atoms with E-state index < -0.39 is 0 Å². The van der Waals surface area contributed by atoms with E-state index in [0.29, 0.717) is 0 Å². The van der Waals surface area contributed by atoms with Crippen molar-refractivity contribution in [1.82, 2.24) is 0 Å². The van der Waals surface area contributed by atoms with Crippen molar-refractivity contribution < 1.29 is 13.3 Å². The number of hydrogen-bond acceptors (Lipinski definition) is 3. The molecule has 25 aromatic carbocycles. The average Bonchev–Trinajstić information content (AvgIpc) is 1.71. The second-order valence-electron chi connectivity index (χ2n) is 35.3. The minimum Gasteiger partial charge on any atom is -0.456 e. The smallest absolute Gasteiger partial charge is 0.143 e. The van der Waals surface area contributed by atoms with E-state index in [1.54, 1.807) is 0 Å². The molecule has 0 aliphatic heterocycles. The van der Waals surface area contributed by atoms with Gasteiger partial charge in [-0.1, -0.05) is 431 Å². The highest BCUT2D eigenvalue weighted by molar-refractivity contribution is 6.31. The van der Waals surface area contributed by atoms with Gasteiger partial charge >= 0.3 is 0 Å². The Labute approximate surface area is 779 Å². The van der Waals surface area contributed by atoms with E-state index in [4.69, 9.17) is 13.3 Å². The van der Waals surface area contributed by atoms with Crippen LogP contribution in [0.25, 0.3) is 274 Å². The van der Waals surface area contributed by atoms with Gasteiger partial charge in [-0.2, -0.15) is 0 Å². The molecule has 0 aliphatic rings. The Balaban J connectivity index is 0.000000106. The van der Waals surface area contributed by atoms with Gasteiger partial charge in [0.2, 0.25) is 0 Å². The first-order chi connectivity index (χ1) is 67.0. The SMILES string of the molecule is c1ccc(-c2cc(-c3c4ccccc4c(-c4ccc5ccccc5c4)c4ccccc34)c3c(c2)oc2ccccc23)cc1.c1ccc(-c2ccc(-c3c4ccccc4c(-c4ccc5ccccc5c4)c4ccccc34)c3c2oc2ccccc23)cc1.c1ccc(-c2ccccc2-c2cc(-c3c4ccccc4c(-c4ccc5ccccc5c4)c4ccccc34)c3c(c2)oc2ccccc23)cc1. The van der Waals surface area contributed by atoms with Crippen molar-refractivity contribution in [3.8, 4) is 111 Å². The van der Waals surface area contributed by atoms with E-state index in [1.807, 2.05) is 6.07 Å². The first-order valence-electron chi connectivity index (χ1n) is 46.4. The van der Waals surface area contributed by atoms with Gasteiger partial charge in [-0.25, -0.2) is 0 Å². The van der Waals surface area contributed by atoms with Gasteiger partial charge in [0.25, 0.3) is 0 Å². The zero-order chi connectivity index (χ0) is 89.0. The van der Waals surface area contributed by atoms with Gasteiger partial charge in [0.15, 0.2) is 0 Å². The fourth-order valence-corrected chi connectivity index (χ4v) is 21.8. The van der Waals surface area contributed by atoms with Crippen LogP contribution in [0.4, 0.5) is 0 Å². The highest BCUT2D eigenvalue weighted by atomic mass is 16.3. The zero-order valence-corrected chi connectivity index (χ0v) is 73.6. The summed E-state index contributed by atoms with van der Waals surface area (Å²) in [5.74, 6) is 0. The Kier molecular flexibility index (Phi) is 19.0. The lowest BCUT2D eigenvalue weighted by Crippen LogP contribution is -1.92. The molecule has 3 heteroatoms. The molecule has 3 nitrogen and oxygen atoms in total. The molecule has 0 saturated carbocycles. The first kappa shape index (κ1) is 78.3. The maximum Gasteiger partial charge on any atom is 0.143 e. The summed E-state index contributed by atoms with van der Waals surface area (Å²) in [7, 11) is 0. The van der Waals surface area contributed by atoms with Crippen LogP contribution in [0.3, 0.4) is 0 Å². The van der Waals surface area contributed by atoms with E-state index in [-0.39, 0.29) is 0 Å². The molecule has 0 spiro atoms. The topological polar surface area (TPSA) is 39.4 Å². The average molecular weight is 1720 g/mol. The molecular formula is C132H82O3. The van der Waals surface area contributed by atoms with Crippen molar-refractivity contribution in [3.63, 3.8) is 0 Å². The molecule has 0 aliphatic carbocycles. The summed E-state index contributed by atoms with van der Waals surface area (Å²) in [6, 6.07) is 179.